The molecule has 2 heterocycles. The molecule has 0 radical (unpaired) electrons. The predicted octanol–water partition coefficient (Wildman–Crippen LogP) is 4.25. The molecule has 0 atom stereocenters. The summed E-state index contributed by atoms with van der Waals surface area (Å²) < 4.78 is 2.18. The summed E-state index contributed by atoms with van der Waals surface area (Å²) >= 11 is 0. The molecule has 0 saturated carbocycles. The van der Waals surface area contributed by atoms with Crippen LogP contribution in [0.1, 0.15) is 30.9 Å². The van der Waals surface area contributed by atoms with Gasteiger partial charge in [0.25, 0.3) is 0 Å². The number of benzene rings is 2. The molecular weight excluding hydrogens is 400 g/mol. The van der Waals surface area contributed by atoms with Crippen LogP contribution in [0.2, 0.25) is 0 Å². The van der Waals surface area contributed by atoms with E-state index < -0.39 is 0 Å². The van der Waals surface area contributed by atoms with Gasteiger partial charge in [0.1, 0.15) is 5.75 Å². The molecule has 32 heavy (non-hydrogen) atoms. The Morgan fingerprint density at radius 3 is 2.66 bits per heavy atom. The van der Waals surface area contributed by atoms with Gasteiger partial charge in [-0.25, -0.2) is 0 Å². The minimum Gasteiger partial charge on any atom is -0.507 e. The van der Waals surface area contributed by atoms with Crippen LogP contribution in [0.3, 0.4) is 0 Å². The Labute approximate surface area is 189 Å². The first-order chi connectivity index (χ1) is 15.5. The minimum atomic E-state index is 0.0140. The highest BCUT2D eigenvalue weighted by Crippen LogP contribution is 2.36. The van der Waals surface area contributed by atoms with E-state index >= 15 is 0 Å². The van der Waals surface area contributed by atoms with Gasteiger partial charge in [-0.3, -0.25) is 9.48 Å². The topological polar surface area (TPSA) is 61.6 Å². The fraction of sp³-hybridized carbons (Fsp3) is 0.385. The van der Waals surface area contributed by atoms with Crippen LogP contribution >= 0.6 is 0 Å². The van der Waals surface area contributed by atoms with Crippen LogP contribution in [0.5, 0.6) is 5.75 Å². The molecule has 0 unspecified atom stereocenters. The summed E-state index contributed by atoms with van der Waals surface area (Å²) in [6, 6.07) is 13.7. The Hall–Kier alpha value is -3.12. The minimum absolute atomic E-state index is 0.0140. The predicted molar refractivity (Wildman–Crippen MR) is 129 cm³/mol. The highest BCUT2D eigenvalue weighted by molar-refractivity contribution is 5.88. The van der Waals surface area contributed by atoms with E-state index in [4.69, 9.17) is 5.10 Å². The highest BCUT2D eigenvalue weighted by Gasteiger charge is 2.27. The van der Waals surface area contributed by atoms with Crippen molar-refractivity contribution in [2.45, 2.75) is 31.7 Å². The van der Waals surface area contributed by atoms with Crippen molar-refractivity contribution in [1.82, 2.24) is 19.6 Å². The molecule has 0 spiro atoms. The molecule has 1 aliphatic rings. The number of aryl methyl sites for hydroxylation is 1. The van der Waals surface area contributed by atoms with E-state index in [1.54, 1.807) is 6.07 Å². The Morgan fingerprint density at radius 1 is 1.22 bits per heavy atom. The number of phenols is 1. The monoisotopic (exact) mass is 432 g/mol. The van der Waals surface area contributed by atoms with Crippen molar-refractivity contribution >= 4 is 16.8 Å². The maximum atomic E-state index is 12.0. The molecule has 1 fully saturated rings. The van der Waals surface area contributed by atoms with Crippen LogP contribution < -0.4 is 0 Å². The zero-order valence-electron chi connectivity index (χ0n) is 19.0. The fourth-order valence-corrected chi connectivity index (χ4v) is 4.68. The zero-order chi connectivity index (χ0) is 22.7. The van der Waals surface area contributed by atoms with Crippen molar-refractivity contribution in [2.24, 2.45) is 0 Å². The SMILES string of the molecule is C=CC(=O)N1CCC(c2c3ccc(-c4ccccc4O)cc3nn2CCCN(C)C)CC1. The lowest BCUT2D eigenvalue weighted by molar-refractivity contribution is -0.127. The van der Waals surface area contributed by atoms with Gasteiger partial charge in [-0.1, -0.05) is 36.9 Å². The van der Waals surface area contributed by atoms with Crippen LogP contribution in [0.4, 0.5) is 0 Å². The van der Waals surface area contributed by atoms with Gasteiger partial charge in [0, 0.05) is 42.2 Å². The third kappa shape index (κ3) is 4.55. The van der Waals surface area contributed by atoms with E-state index in [1.165, 1.54) is 17.2 Å². The fourth-order valence-electron chi connectivity index (χ4n) is 4.68. The zero-order valence-corrected chi connectivity index (χ0v) is 19.0. The number of aromatic nitrogens is 2. The second kappa shape index (κ2) is 9.57. The first kappa shape index (κ1) is 22.1. The molecule has 0 bridgehead atoms. The van der Waals surface area contributed by atoms with Gasteiger partial charge in [0.05, 0.1) is 5.52 Å². The summed E-state index contributed by atoms with van der Waals surface area (Å²) in [6.45, 7) is 6.98. The maximum Gasteiger partial charge on any atom is 0.245 e. The molecule has 3 aromatic rings. The van der Waals surface area contributed by atoms with Crippen LogP contribution in [0.15, 0.2) is 55.1 Å². The lowest BCUT2D eigenvalue weighted by Gasteiger charge is -2.32. The number of fused-ring (bicyclic) bond motifs is 1. The lowest BCUT2D eigenvalue weighted by atomic mass is 9.90. The number of aromatic hydroxyl groups is 1. The van der Waals surface area contributed by atoms with Crippen molar-refractivity contribution in [3.05, 3.63) is 60.8 Å². The van der Waals surface area contributed by atoms with Gasteiger partial charge < -0.3 is 14.9 Å². The number of phenolic OH excluding ortho intramolecular Hbond substituents is 1. The highest BCUT2D eigenvalue weighted by atomic mass is 16.3. The number of para-hydroxylation sites is 1. The Kier molecular flexibility index (Phi) is 6.61. The molecule has 6 heteroatoms. The van der Waals surface area contributed by atoms with Crippen LogP contribution in [0.25, 0.3) is 22.0 Å². The lowest BCUT2D eigenvalue weighted by Crippen LogP contribution is -2.37. The van der Waals surface area contributed by atoms with Gasteiger partial charge >= 0.3 is 0 Å². The summed E-state index contributed by atoms with van der Waals surface area (Å²) in [6.07, 6.45) is 4.28. The number of piperidine rings is 1. The van der Waals surface area contributed by atoms with Gasteiger partial charge in [-0.2, -0.15) is 5.10 Å². The van der Waals surface area contributed by atoms with Crippen LogP contribution in [0, 0.1) is 0 Å². The molecular formula is C26H32N4O2. The van der Waals surface area contributed by atoms with Gasteiger partial charge in [-0.15, -0.1) is 0 Å². The van der Waals surface area contributed by atoms with Crippen molar-refractivity contribution in [2.75, 3.05) is 33.7 Å². The summed E-state index contributed by atoms with van der Waals surface area (Å²) in [7, 11) is 4.18. The number of carbonyl (C=O) groups excluding carboxylic acids is 1. The van der Waals surface area contributed by atoms with E-state index in [9.17, 15) is 9.90 Å². The maximum absolute atomic E-state index is 12.0. The number of nitrogens with zero attached hydrogens (tertiary/aromatic N) is 4. The van der Waals surface area contributed by atoms with Gasteiger partial charge in [-0.05, 0) is 63.7 Å². The van der Waals surface area contributed by atoms with E-state index in [0.717, 1.165) is 62.1 Å². The first-order valence-electron chi connectivity index (χ1n) is 11.3. The number of carbonyl (C=O) groups is 1. The number of rotatable bonds is 7. The molecule has 168 valence electrons. The van der Waals surface area contributed by atoms with E-state index in [0.29, 0.717) is 5.92 Å². The van der Waals surface area contributed by atoms with Crippen LogP contribution in [-0.4, -0.2) is 64.3 Å². The van der Waals surface area contributed by atoms with E-state index in [1.807, 2.05) is 23.1 Å². The Morgan fingerprint density at radius 2 is 1.97 bits per heavy atom. The van der Waals surface area contributed by atoms with Crippen molar-refractivity contribution in [1.29, 1.82) is 0 Å². The first-order valence-corrected chi connectivity index (χ1v) is 11.3. The van der Waals surface area contributed by atoms with Crippen molar-refractivity contribution in [3.8, 4) is 16.9 Å². The molecule has 1 N–H and O–H groups in total. The van der Waals surface area contributed by atoms with Crippen molar-refractivity contribution < 1.29 is 9.90 Å². The normalized spacial score (nSPS) is 14.9. The van der Waals surface area contributed by atoms with E-state index in [2.05, 4.69) is 48.5 Å². The summed E-state index contributed by atoms with van der Waals surface area (Å²) in [4.78, 5) is 16.1. The molecule has 6 nitrogen and oxygen atoms in total. The van der Waals surface area contributed by atoms with Gasteiger partial charge in [0.15, 0.2) is 0 Å². The molecule has 0 aliphatic carbocycles. The molecule has 4 rings (SSSR count). The molecule has 1 aromatic heterocycles. The quantitative estimate of drug-likeness (QED) is 0.567. The van der Waals surface area contributed by atoms with E-state index in [-0.39, 0.29) is 11.7 Å². The number of likely N-dealkylation sites (tertiary alicyclic amines) is 1. The number of hydrogen-bond acceptors (Lipinski definition) is 4. The van der Waals surface area contributed by atoms with Gasteiger partial charge in [0.2, 0.25) is 5.91 Å². The third-order valence-electron chi connectivity index (χ3n) is 6.34. The largest absolute Gasteiger partial charge is 0.507 e. The average molecular weight is 433 g/mol. The summed E-state index contributed by atoms with van der Waals surface area (Å²) in [5, 5.41) is 16.4. The van der Waals surface area contributed by atoms with Crippen LogP contribution in [-0.2, 0) is 11.3 Å². The standard InChI is InChI=1S/C26H32N4O2/c1-4-25(32)29-16-12-19(13-17-29)26-22-11-10-20(21-8-5-6-9-24(21)31)18-23(22)27-30(26)15-7-14-28(2)3/h4-6,8-11,18-19,31H,1,7,12-17H2,2-3H3. The Bertz CT molecular complexity index is 1110. The second-order valence-electron chi connectivity index (χ2n) is 8.82. The summed E-state index contributed by atoms with van der Waals surface area (Å²) in [5.74, 6) is 0.654. The summed E-state index contributed by atoms with van der Waals surface area (Å²) in [5.41, 5.74) is 4.00. The molecule has 1 saturated heterocycles. The number of amides is 1. The smallest absolute Gasteiger partial charge is 0.245 e. The average Bonchev–Trinajstić information content (AvgIpc) is 3.16. The molecule has 1 aliphatic heterocycles. The third-order valence-corrected chi connectivity index (χ3v) is 6.34. The Balaban J connectivity index is 1.68. The molecule has 1 amide bonds. The second-order valence-corrected chi connectivity index (χ2v) is 8.82. The number of hydrogen-bond donors (Lipinski definition) is 1. The van der Waals surface area contributed by atoms with Crippen molar-refractivity contribution in [3.63, 3.8) is 0 Å². The molecule has 2 aromatic carbocycles.